The lowest BCUT2D eigenvalue weighted by molar-refractivity contribution is -0.130. The predicted octanol–water partition coefficient (Wildman–Crippen LogP) is 3.49. The second kappa shape index (κ2) is 5.41. The van der Waals surface area contributed by atoms with Crippen molar-refractivity contribution in [1.82, 2.24) is 0 Å². The van der Waals surface area contributed by atoms with Crippen molar-refractivity contribution in [3.63, 3.8) is 0 Å². The molecule has 0 saturated heterocycles. The van der Waals surface area contributed by atoms with Gasteiger partial charge in [-0.25, -0.2) is 0 Å². The van der Waals surface area contributed by atoms with Gasteiger partial charge in [0.15, 0.2) is 0 Å². The van der Waals surface area contributed by atoms with Crippen molar-refractivity contribution in [2.45, 2.75) is 77.9 Å². The molecule has 0 radical (unpaired) electrons. The largest absolute Gasteiger partial charge is 0.393 e. The molecule has 0 aromatic carbocycles. The first-order valence-electron chi connectivity index (χ1n) is 9.83. The standard InChI is InChI=1S/C21H32O3/c1-12(22)19-18(24)11-17-15-5-4-13-10-14(23)6-8-20(13,2)16(15)7-9-21(17,19)3/h4,14-19,23-24H,5-11H2,1-3H3/t14-,15-,16-,17-,18-,19-,20+,21+/m1/s1. The number of rotatable bonds is 1. The van der Waals surface area contributed by atoms with Crippen LogP contribution < -0.4 is 0 Å². The Morgan fingerprint density at radius 3 is 2.62 bits per heavy atom. The number of allylic oxidation sites excluding steroid dienone is 1. The Hall–Kier alpha value is -0.670. The fraction of sp³-hybridized carbons (Fsp3) is 0.857. The molecule has 24 heavy (non-hydrogen) atoms. The molecule has 3 nitrogen and oxygen atoms in total. The van der Waals surface area contributed by atoms with Crippen LogP contribution in [0.4, 0.5) is 0 Å². The van der Waals surface area contributed by atoms with Crippen LogP contribution in [0.5, 0.6) is 0 Å². The maximum atomic E-state index is 12.2. The monoisotopic (exact) mass is 332 g/mol. The van der Waals surface area contributed by atoms with Gasteiger partial charge < -0.3 is 10.2 Å². The molecule has 4 rings (SSSR count). The summed E-state index contributed by atoms with van der Waals surface area (Å²) in [4.78, 5) is 12.2. The van der Waals surface area contributed by atoms with E-state index in [1.165, 1.54) is 5.57 Å². The van der Waals surface area contributed by atoms with Gasteiger partial charge in [0.05, 0.1) is 12.2 Å². The van der Waals surface area contributed by atoms with Crippen LogP contribution in [0, 0.1) is 34.5 Å². The molecular formula is C21H32O3. The van der Waals surface area contributed by atoms with E-state index in [-0.39, 0.29) is 28.6 Å². The average Bonchev–Trinajstić information content (AvgIpc) is 2.78. The number of hydrogen-bond acceptors (Lipinski definition) is 3. The van der Waals surface area contributed by atoms with E-state index >= 15 is 0 Å². The molecule has 3 fully saturated rings. The molecular weight excluding hydrogens is 300 g/mol. The number of Topliss-reactive ketones (excluding diaryl/α,β-unsaturated/α-hetero) is 1. The summed E-state index contributed by atoms with van der Waals surface area (Å²) >= 11 is 0. The SMILES string of the molecule is CC(=O)[C@@H]1[C@H](O)C[C@@H]2[C@@H]3CC=C4C[C@H](O)CC[C@]4(C)[C@@H]3CC[C@@]21C. The summed E-state index contributed by atoms with van der Waals surface area (Å²) in [6, 6.07) is 0. The maximum absolute atomic E-state index is 12.2. The first-order valence-corrected chi connectivity index (χ1v) is 9.83. The summed E-state index contributed by atoms with van der Waals surface area (Å²) in [6.45, 7) is 6.34. The second-order valence-corrected chi connectivity index (χ2v) is 9.59. The predicted molar refractivity (Wildman–Crippen MR) is 93.3 cm³/mol. The van der Waals surface area contributed by atoms with Gasteiger partial charge in [-0.1, -0.05) is 25.5 Å². The van der Waals surface area contributed by atoms with Crippen LogP contribution in [-0.4, -0.2) is 28.2 Å². The van der Waals surface area contributed by atoms with Crippen molar-refractivity contribution in [2.75, 3.05) is 0 Å². The molecule has 4 aliphatic carbocycles. The molecule has 0 spiro atoms. The van der Waals surface area contributed by atoms with E-state index in [4.69, 9.17) is 0 Å². The molecule has 134 valence electrons. The highest BCUT2D eigenvalue weighted by molar-refractivity contribution is 5.80. The Labute approximate surface area is 145 Å². The van der Waals surface area contributed by atoms with Crippen molar-refractivity contribution >= 4 is 5.78 Å². The fourth-order valence-electron chi connectivity index (χ4n) is 7.39. The van der Waals surface area contributed by atoms with Crippen LogP contribution in [0.15, 0.2) is 11.6 Å². The summed E-state index contributed by atoms with van der Waals surface area (Å²) in [6.07, 6.45) is 8.73. The minimum atomic E-state index is -0.456. The third kappa shape index (κ3) is 2.13. The zero-order chi connectivity index (χ0) is 17.3. The minimum Gasteiger partial charge on any atom is -0.393 e. The third-order valence-corrected chi connectivity index (χ3v) is 8.54. The highest BCUT2D eigenvalue weighted by atomic mass is 16.3. The number of carbonyl (C=O) groups excluding carboxylic acids is 1. The van der Waals surface area contributed by atoms with Gasteiger partial charge in [-0.05, 0) is 80.5 Å². The smallest absolute Gasteiger partial charge is 0.136 e. The van der Waals surface area contributed by atoms with Crippen molar-refractivity contribution in [3.8, 4) is 0 Å². The molecule has 0 unspecified atom stereocenters. The molecule has 0 aromatic heterocycles. The molecule has 8 atom stereocenters. The molecule has 0 bridgehead atoms. The van der Waals surface area contributed by atoms with Gasteiger partial charge in [0.1, 0.15) is 5.78 Å². The Bertz CT molecular complexity index is 582. The molecule has 0 aromatic rings. The second-order valence-electron chi connectivity index (χ2n) is 9.59. The zero-order valence-electron chi connectivity index (χ0n) is 15.3. The van der Waals surface area contributed by atoms with E-state index in [0.29, 0.717) is 17.8 Å². The lowest BCUT2D eigenvalue weighted by Crippen LogP contribution is -2.51. The van der Waals surface area contributed by atoms with Crippen LogP contribution in [0.25, 0.3) is 0 Å². The van der Waals surface area contributed by atoms with E-state index in [1.807, 2.05) is 0 Å². The van der Waals surface area contributed by atoms with Crippen molar-refractivity contribution in [3.05, 3.63) is 11.6 Å². The summed E-state index contributed by atoms with van der Waals surface area (Å²) in [5.41, 5.74) is 1.68. The maximum Gasteiger partial charge on any atom is 0.136 e. The van der Waals surface area contributed by atoms with Crippen LogP contribution >= 0.6 is 0 Å². The lowest BCUT2D eigenvalue weighted by Gasteiger charge is -2.57. The summed E-state index contributed by atoms with van der Waals surface area (Å²) in [7, 11) is 0. The molecule has 3 saturated carbocycles. The van der Waals surface area contributed by atoms with E-state index in [1.54, 1.807) is 6.92 Å². The van der Waals surface area contributed by atoms with Gasteiger partial charge in [-0.2, -0.15) is 0 Å². The van der Waals surface area contributed by atoms with E-state index in [9.17, 15) is 15.0 Å². The lowest BCUT2D eigenvalue weighted by atomic mass is 9.47. The normalized spacial score (nSPS) is 53.6. The number of aliphatic hydroxyl groups excluding tert-OH is 2. The van der Waals surface area contributed by atoms with E-state index in [0.717, 1.165) is 44.9 Å². The van der Waals surface area contributed by atoms with Crippen molar-refractivity contribution < 1.29 is 15.0 Å². The van der Waals surface area contributed by atoms with Crippen LogP contribution in [0.3, 0.4) is 0 Å². The van der Waals surface area contributed by atoms with Gasteiger partial charge in [0, 0.05) is 5.92 Å². The zero-order valence-corrected chi connectivity index (χ0v) is 15.3. The quantitative estimate of drug-likeness (QED) is 0.723. The van der Waals surface area contributed by atoms with Gasteiger partial charge in [-0.3, -0.25) is 4.79 Å². The number of ketones is 1. The molecule has 0 aliphatic heterocycles. The fourth-order valence-corrected chi connectivity index (χ4v) is 7.39. The highest BCUT2D eigenvalue weighted by Crippen LogP contribution is 2.66. The van der Waals surface area contributed by atoms with Crippen molar-refractivity contribution in [1.29, 1.82) is 0 Å². The number of carbonyl (C=O) groups is 1. The van der Waals surface area contributed by atoms with Crippen LogP contribution in [0.1, 0.15) is 65.7 Å². The Balaban J connectivity index is 1.68. The van der Waals surface area contributed by atoms with Crippen LogP contribution in [-0.2, 0) is 4.79 Å². The number of hydrogen-bond donors (Lipinski definition) is 2. The van der Waals surface area contributed by atoms with E-state index < -0.39 is 6.10 Å². The topological polar surface area (TPSA) is 57.5 Å². The summed E-state index contributed by atoms with van der Waals surface area (Å²) in [5, 5.41) is 20.7. The number of aliphatic hydroxyl groups is 2. The molecule has 2 N–H and O–H groups in total. The molecule has 0 amide bonds. The van der Waals surface area contributed by atoms with Crippen LogP contribution in [0.2, 0.25) is 0 Å². The highest BCUT2D eigenvalue weighted by Gasteiger charge is 2.61. The summed E-state index contributed by atoms with van der Waals surface area (Å²) in [5.74, 6) is 1.70. The van der Waals surface area contributed by atoms with Gasteiger partial charge >= 0.3 is 0 Å². The van der Waals surface area contributed by atoms with Gasteiger partial charge in [-0.15, -0.1) is 0 Å². The van der Waals surface area contributed by atoms with Gasteiger partial charge in [0.25, 0.3) is 0 Å². The number of fused-ring (bicyclic) bond motifs is 5. The Kier molecular flexibility index (Phi) is 3.78. The Morgan fingerprint density at radius 2 is 1.92 bits per heavy atom. The van der Waals surface area contributed by atoms with E-state index in [2.05, 4.69) is 19.9 Å². The average molecular weight is 332 g/mol. The first kappa shape index (κ1) is 16.8. The Morgan fingerprint density at radius 1 is 1.17 bits per heavy atom. The summed E-state index contributed by atoms with van der Waals surface area (Å²) < 4.78 is 0. The minimum absolute atomic E-state index is 0.0255. The first-order chi connectivity index (χ1) is 11.3. The molecule has 0 heterocycles. The third-order valence-electron chi connectivity index (χ3n) is 8.54. The molecule has 4 aliphatic rings. The van der Waals surface area contributed by atoms with Gasteiger partial charge in [0.2, 0.25) is 0 Å². The molecule has 3 heteroatoms. The van der Waals surface area contributed by atoms with Crippen molar-refractivity contribution in [2.24, 2.45) is 34.5 Å².